The molecule has 1 atom stereocenters. The van der Waals surface area contributed by atoms with Gasteiger partial charge in [-0.25, -0.2) is 4.98 Å². The second-order valence-corrected chi connectivity index (χ2v) is 5.48. The number of aliphatic hydroxyl groups excluding tert-OH is 1. The Labute approximate surface area is 145 Å². The molecular formula is C15H24N6O4. The van der Waals surface area contributed by atoms with Crippen LogP contribution in [-0.2, 0) is 14.3 Å². The van der Waals surface area contributed by atoms with E-state index >= 15 is 0 Å². The maximum atomic E-state index is 11.2. The van der Waals surface area contributed by atoms with Crippen LogP contribution in [0.1, 0.15) is 25.3 Å². The van der Waals surface area contributed by atoms with Crippen molar-refractivity contribution in [3.8, 4) is 0 Å². The molecule has 2 heterocycles. The molecule has 0 aliphatic rings. The molecule has 4 N–H and O–H groups in total. The van der Waals surface area contributed by atoms with Gasteiger partial charge in [0.05, 0.1) is 32.5 Å². The lowest BCUT2D eigenvalue weighted by molar-refractivity contribution is -0.140. The maximum Gasteiger partial charge on any atom is 0.307 e. The van der Waals surface area contributed by atoms with Crippen molar-refractivity contribution in [2.45, 2.75) is 25.3 Å². The molecule has 138 valence electrons. The summed E-state index contributed by atoms with van der Waals surface area (Å²) in [6.45, 7) is 0.905. The summed E-state index contributed by atoms with van der Waals surface area (Å²) in [7, 11) is 2.96. The first-order chi connectivity index (χ1) is 12.1. The molecule has 0 aliphatic carbocycles. The zero-order valence-corrected chi connectivity index (χ0v) is 14.4. The van der Waals surface area contributed by atoms with Gasteiger partial charge in [-0.2, -0.15) is 9.97 Å². The van der Waals surface area contributed by atoms with Gasteiger partial charge in [0.1, 0.15) is 0 Å². The smallest absolute Gasteiger partial charge is 0.307 e. The summed E-state index contributed by atoms with van der Waals surface area (Å²) in [4.78, 5) is 24.0. The van der Waals surface area contributed by atoms with E-state index < -0.39 is 0 Å². The van der Waals surface area contributed by atoms with Crippen LogP contribution in [-0.4, -0.2) is 64.6 Å². The van der Waals surface area contributed by atoms with Crippen LogP contribution >= 0.6 is 0 Å². The van der Waals surface area contributed by atoms with Crippen molar-refractivity contribution >= 4 is 28.9 Å². The highest BCUT2D eigenvalue weighted by molar-refractivity contribution is 5.84. The number of aliphatic hydroxyl groups is 1. The minimum absolute atomic E-state index is 0.0284. The van der Waals surface area contributed by atoms with Gasteiger partial charge < -0.3 is 30.2 Å². The van der Waals surface area contributed by atoms with Crippen LogP contribution in [0.4, 0.5) is 11.8 Å². The maximum absolute atomic E-state index is 11.2. The van der Waals surface area contributed by atoms with Crippen molar-refractivity contribution in [3.05, 3.63) is 6.33 Å². The van der Waals surface area contributed by atoms with Crippen LogP contribution < -0.4 is 11.1 Å². The van der Waals surface area contributed by atoms with E-state index in [1.807, 2.05) is 4.57 Å². The van der Waals surface area contributed by atoms with Crippen molar-refractivity contribution in [3.63, 3.8) is 0 Å². The SMILES string of the molecule is COCC(CCCO)n1cnc2c(NCCC(=O)OC)nc(N)nc21. The van der Waals surface area contributed by atoms with E-state index in [1.54, 1.807) is 13.4 Å². The van der Waals surface area contributed by atoms with Gasteiger partial charge in [0, 0.05) is 20.3 Å². The molecule has 1 unspecified atom stereocenters. The van der Waals surface area contributed by atoms with Gasteiger partial charge in [-0.3, -0.25) is 4.79 Å². The van der Waals surface area contributed by atoms with Crippen molar-refractivity contribution < 1.29 is 19.4 Å². The lowest BCUT2D eigenvalue weighted by atomic mass is 10.1. The number of methoxy groups -OCH3 is 2. The molecule has 0 saturated carbocycles. The highest BCUT2D eigenvalue weighted by Gasteiger charge is 2.18. The Morgan fingerprint density at radius 1 is 1.44 bits per heavy atom. The molecule has 2 rings (SSSR count). The van der Waals surface area contributed by atoms with Crippen LogP contribution in [0.15, 0.2) is 6.33 Å². The molecule has 2 aromatic heterocycles. The number of fused-ring (bicyclic) bond motifs is 1. The summed E-state index contributed by atoms with van der Waals surface area (Å²) in [5, 5.41) is 12.1. The normalized spacial score (nSPS) is 12.3. The van der Waals surface area contributed by atoms with Crippen LogP contribution in [0.3, 0.4) is 0 Å². The van der Waals surface area contributed by atoms with E-state index in [2.05, 4.69) is 25.0 Å². The highest BCUT2D eigenvalue weighted by Crippen LogP contribution is 2.25. The predicted octanol–water partition coefficient (Wildman–Crippen LogP) is 0.344. The number of nitrogens with one attached hydrogen (secondary N) is 1. The molecular weight excluding hydrogens is 328 g/mol. The summed E-state index contributed by atoms with van der Waals surface area (Å²) in [5.41, 5.74) is 6.95. The van der Waals surface area contributed by atoms with E-state index in [0.717, 1.165) is 0 Å². The molecule has 0 saturated heterocycles. The molecule has 0 spiro atoms. The molecule has 2 aromatic rings. The molecule has 0 aliphatic heterocycles. The number of esters is 1. The minimum Gasteiger partial charge on any atom is -0.469 e. The van der Waals surface area contributed by atoms with E-state index in [0.29, 0.717) is 43.0 Å². The highest BCUT2D eigenvalue weighted by atomic mass is 16.5. The van der Waals surface area contributed by atoms with Crippen LogP contribution in [0.5, 0.6) is 0 Å². The number of carbonyl (C=O) groups is 1. The summed E-state index contributed by atoms with van der Waals surface area (Å²) in [6, 6.07) is -0.0284. The molecule has 0 bridgehead atoms. The Kier molecular flexibility index (Phi) is 6.90. The number of imidazole rings is 1. The van der Waals surface area contributed by atoms with Gasteiger partial charge in [0.25, 0.3) is 0 Å². The average Bonchev–Trinajstić information content (AvgIpc) is 3.02. The second-order valence-electron chi connectivity index (χ2n) is 5.48. The number of nitrogen functional groups attached to an aromatic ring is 1. The number of aromatic nitrogens is 4. The standard InChI is InChI=1S/C15H24N6O4/c1-24-8-10(4-3-7-22)21-9-18-12-13(17-6-5-11(23)25-2)19-15(16)20-14(12)21/h9-10,22H,3-8H2,1-2H3,(H3,16,17,19,20). The quantitative estimate of drug-likeness (QED) is 0.517. The molecule has 0 fully saturated rings. The Morgan fingerprint density at radius 3 is 2.92 bits per heavy atom. The Balaban J connectivity index is 2.27. The molecule has 25 heavy (non-hydrogen) atoms. The summed E-state index contributed by atoms with van der Waals surface area (Å²) >= 11 is 0. The number of carbonyl (C=O) groups excluding carboxylic acids is 1. The lowest BCUT2D eigenvalue weighted by Gasteiger charge is -2.18. The van der Waals surface area contributed by atoms with Crippen LogP contribution in [0, 0.1) is 0 Å². The largest absolute Gasteiger partial charge is 0.469 e. The molecule has 10 nitrogen and oxygen atoms in total. The van der Waals surface area contributed by atoms with Gasteiger partial charge in [-0.1, -0.05) is 0 Å². The Morgan fingerprint density at radius 2 is 2.24 bits per heavy atom. The summed E-state index contributed by atoms with van der Waals surface area (Å²) in [5.74, 6) is 0.247. The molecule has 0 aromatic carbocycles. The number of hydrogen-bond donors (Lipinski definition) is 3. The fourth-order valence-electron chi connectivity index (χ4n) is 2.53. The second kappa shape index (κ2) is 9.14. The zero-order chi connectivity index (χ0) is 18.2. The number of ether oxygens (including phenoxy) is 2. The molecule has 0 radical (unpaired) electrons. The number of hydrogen-bond acceptors (Lipinski definition) is 9. The minimum atomic E-state index is -0.319. The first-order valence-corrected chi connectivity index (χ1v) is 8.01. The monoisotopic (exact) mass is 352 g/mol. The zero-order valence-electron chi connectivity index (χ0n) is 14.4. The van der Waals surface area contributed by atoms with Crippen molar-refractivity contribution in [1.29, 1.82) is 0 Å². The van der Waals surface area contributed by atoms with Gasteiger partial charge in [-0.05, 0) is 12.8 Å². The predicted molar refractivity (Wildman–Crippen MR) is 92.1 cm³/mol. The third-order valence-electron chi connectivity index (χ3n) is 3.74. The fourth-order valence-corrected chi connectivity index (χ4v) is 2.53. The Bertz CT molecular complexity index is 705. The van der Waals surface area contributed by atoms with Gasteiger partial charge in [0.2, 0.25) is 5.95 Å². The van der Waals surface area contributed by atoms with Crippen LogP contribution in [0.25, 0.3) is 11.2 Å². The Hall–Kier alpha value is -2.46. The van der Waals surface area contributed by atoms with E-state index in [-0.39, 0.29) is 31.0 Å². The third kappa shape index (κ3) is 4.77. The third-order valence-corrected chi connectivity index (χ3v) is 3.74. The van der Waals surface area contributed by atoms with Crippen molar-refractivity contribution in [2.75, 3.05) is 45.0 Å². The molecule has 10 heteroatoms. The van der Waals surface area contributed by atoms with Gasteiger partial charge in [0.15, 0.2) is 17.0 Å². The van der Waals surface area contributed by atoms with E-state index in [9.17, 15) is 4.79 Å². The number of nitrogens with two attached hydrogens (primary N) is 1. The number of nitrogens with zero attached hydrogens (tertiary/aromatic N) is 4. The van der Waals surface area contributed by atoms with E-state index in [1.165, 1.54) is 7.11 Å². The number of anilines is 2. The molecule has 0 amide bonds. The fraction of sp³-hybridized carbons (Fsp3) is 0.600. The van der Waals surface area contributed by atoms with Crippen molar-refractivity contribution in [2.24, 2.45) is 0 Å². The average molecular weight is 352 g/mol. The first kappa shape index (κ1) is 18.9. The first-order valence-electron chi connectivity index (χ1n) is 8.01. The van der Waals surface area contributed by atoms with Crippen molar-refractivity contribution in [1.82, 2.24) is 19.5 Å². The number of rotatable bonds is 10. The van der Waals surface area contributed by atoms with E-state index in [4.69, 9.17) is 15.6 Å². The topological polar surface area (TPSA) is 137 Å². The summed E-state index contributed by atoms with van der Waals surface area (Å²) < 4.78 is 11.7. The van der Waals surface area contributed by atoms with Gasteiger partial charge in [-0.15, -0.1) is 0 Å². The van der Waals surface area contributed by atoms with Crippen LogP contribution in [0.2, 0.25) is 0 Å². The summed E-state index contributed by atoms with van der Waals surface area (Å²) in [6.07, 6.45) is 3.21. The van der Waals surface area contributed by atoms with Gasteiger partial charge >= 0.3 is 5.97 Å². The lowest BCUT2D eigenvalue weighted by Crippen LogP contribution is -2.16.